The average Bonchev–Trinajstić information content (AvgIpc) is 2.41. The number of rotatable bonds is 2. The highest BCUT2D eigenvalue weighted by Crippen LogP contribution is 2.19. The molecule has 0 radical (unpaired) electrons. The number of nitrogens with zero attached hydrogens (tertiary/aromatic N) is 2. The minimum atomic E-state index is -1.14. The van der Waals surface area contributed by atoms with Gasteiger partial charge in [0, 0.05) is 30.8 Å². The minimum Gasteiger partial charge on any atom is -0.478 e. The van der Waals surface area contributed by atoms with Gasteiger partial charge in [0.1, 0.15) is 6.54 Å². The van der Waals surface area contributed by atoms with Crippen LogP contribution in [0.2, 0.25) is 5.02 Å². The number of carbonyl (C=O) groups is 3. The zero-order valence-electron chi connectivity index (χ0n) is 11.3. The van der Waals surface area contributed by atoms with Crippen LogP contribution in [0.3, 0.4) is 0 Å². The molecular weight excluding hydrogens is 298 g/mol. The number of halogens is 1. The molecule has 2 rings (SSSR count). The molecule has 1 aliphatic heterocycles. The van der Waals surface area contributed by atoms with E-state index in [1.54, 1.807) is 11.9 Å². The summed E-state index contributed by atoms with van der Waals surface area (Å²) >= 11 is 5.82. The molecule has 2 N–H and O–H groups in total. The Hall–Kier alpha value is -2.28. The molecule has 8 heteroatoms. The van der Waals surface area contributed by atoms with Crippen LogP contribution in [0.25, 0.3) is 0 Å². The lowest BCUT2D eigenvalue weighted by Crippen LogP contribution is -2.51. The normalized spacial score (nSPS) is 15.0. The van der Waals surface area contributed by atoms with Crippen molar-refractivity contribution in [3.63, 3.8) is 0 Å². The second-order valence-corrected chi connectivity index (χ2v) is 5.14. The van der Waals surface area contributed by atoms with Crippen molar-refractivity contribution in [2.45, 2.75) is 0 Å². The van der Waals surface area contributed by atoms with Crippen molar-refractivity contribution in [1.29, 1.82) is 0 Å². The Kier molecular flexibility index (Phi) is 4.32. The number of urea groups is 1. The number of carboxylic acids is 1. The lowest BCUT2D eigenvalue weighted by atomic mass is 10.2. The summed E-state index contributed by atoms with van der Waals surface area (Å²) in [5.74, 6) is -1.28. The lowest BCUT2D eigenvalue weighted by molar-refractivity contribution is -0.133. The summed E-state index contributed by atoms with van der Waals surface area (Å²) in [7, 11) is 1.67. The molecule has 1 aromatic carbocycles. The van der Waals surface area contributed by atoms with Crippen LogP contribution in [0.4, 0.5) is 10.5 Å². The molecule has 21 heavy (non-hydrogen) atoms. The Labute approximate surface area is 126 Å². The van der Waals surface area contributed by atoms with E-state index in [1.807, 2.05) is 0 Å². The highest BCUT2D eigenvalue weighted by atomic mass is 35.5. The van der Waals surface area contributed by atoms with E-state index in [2.05, 4.69) is 5.32 Å². The van der Waals surface area contributed by atoms with Crippen LogP contribution in [-0.4, -0.2) is 59.5 Å². The Balaban J connectivity index is 2.09. The molecule has 0 aliphatic carbocycles. The van der Waals surface area contributed by atoms with Gasteiger partial charge < -0.3 is 20.2 Å². The molecule has 1 saturated heterocycles. The molecule has 0 unspecified atom stereocenters. The summed E-state index contributed by atoms with van der Waals surface area (Å²) in [4.78, 5) is 37.5. The second-order valence-electron chi connectivity index (χ2n) is 4.70. The van der Waals surface area contributed by atoms with E-state index in [-0.39, 0.29) is 28.7 Å². The third kappa shape index (κ3) is 3.63. The van der Waals surface area contributed by atoms with Crippen molar-refractivity contribution in [2.24, 2.45) is 0 Å². The molecule has 1 aromatic rings. The zero-order chi connectivity index (χ0) is 15.6. The van der Waals surface area contributed by atoms with Gasteiger partial charge in [-0.25, -0.2) is 9.59 Å². The first-order valence-corrected chi connectivity index (χ1v) is 6.58. The quantitative estimate of drug-likeness (QED) is 0.862. The molecule has 0 bridgehead atoms. The molecule has 0 saturated carbocycles. The first kappa shape index (κ1) is 15.1. The van der Waals surface area contributed by atoms with Crippen molar-refractivity contribution >= 4 is 35.2 Å². The number of nitrogens with one attached hydrogen (secondary N) is 1. The number of amides is 3. The van der Waals surface area contributed by atoms with Crippen molar-refractivity contribution < 1.29 is 19.5 Å². The minimum absolute atomic E-state index is 0.00527. The fourth-order valence-electron chi connectivity index (χ4n) is 1.92. The average molecular weight is 312 g/mol. The topological polar surface area (TPSA) is 89.9 Å². The van der Waals surface area contributed by atoms with Crippen LogP contribution >= 0.6 is 11.6 Å². The molecule has 7 nitrogen and oxygen atoms in total. The highest BCUT2D eigenvalue weighted by Gasteiger charge is 2.24. The Morgan fingerprint density at radius 1 is 1.29 bits per heavy atom. The van der Waals surface area contributed by atoms with Gasteiger partial charge >= 0.3 is 12.0 Å². The van der Waals surface area contributed by atoms with Crippen LogP contribution < -0.4 is 5.32 Å². The molecule has 1 heterocycles. The maximum absolute atomic E-state index is 12.1. The Morgan fingerprint density at radius 2 is 2.00 bits per heavy atom. The van der Waals surface area contributed by atoms with Crippen molar-refractivity contribution in [2.75, 3.05) is 32.0 Å². The monoisotopic (exact) mass is 311 g/mol. The van der Waals surface area contributed by atoms with Crippen molar-refractivity contribution in [3.8, 4) is 0 Å². The van der Waals surface area contributed by atoms with E-state index in [4.69, 9.17) is 16.7 Å². The number of aromatic carboxylic acids is 1. The summed E-state index contributed by atoms with van der Waals surface area (Å²) < 4.78 is 0. The van der Waals surface area contributed by atoms with Gasteiger partial charge in [0.15, 0.2) is 0 Å². The maximum atomic E-state index is 12.1. The highest BCUT2D eigenvalue weighted by molar-refractivity contribution is 6.31. The number of hydrogen-bond donors (Lipinski definition) is 2. The van der Waals surface area contributed by atoms with Gasteiger partial charge in [-0.1, -0.05) is 11.6 Å². The van der Waals surface area contributed by atoms with Gasteiger partial charge in [-0.15, -0.1) is 0 Å². The van der Waals surface area contributed by atoms with E-state index in [0.717, 1.165) is 0 Å². The summed E-state index contributed by atoms with van der Waals surface area (Å²) in [5, 5.41) is 11.7. The first-order valence-electron chi connectivity index (χ1n) is 6.20. The fraction of sp³-hybridized carbons (Fsp3) is 0.308. The van der Waals surface area contributed by atoms with Gasteiger partial charge in [-0.2, -0.15) is 0 Å². The maximum Gasteiger partial charge on any atom is 0.335 e. The van der Waals surface area contributed by atoms with Crippen LogP contribution in [0.15, 0.2) is 18.2 Å². The van der Waals surface area contributed by atoms with Crippen LogP contribution in [0.1, 0.15) is 10.4 Å². The van der Waals surface area contributed by atoms with Gasteiger partial charge in [-0.3, -0.25) is 4.79 Å². The Bertz CT molecular complexity index is 605. The number of benzene rings is 1. The van der Waals surface area contributed by atoms with Crippen LogP contribution in [0, 0.1) is 0 Å². The van der Waals surface area contributed by atoms with Crippen molar-refractivity contribution in [3.05, 3.63) is 28.8 Å². The summed E-state index contributed by atoms with van der Waals surface area (Å²) in [6, 6.07) is 3.59. The molecule has 112 valence electrons. The summed E-state index contributed by atoms with van der Waals surface area (Å²) in [6.45, 7) is 0.872. The van der Waals surface area contributed by atoms with Crippen LogP contribution in [-0.2, 0) is 4.79 Å². The summed E-state index contributed by atoms with van der Waals surface area (Å²) in [6.07, 6.45) is 0. The van der Waals surface area contributed by atoms with Gasteiger partial charge in [-0.05, 0) is 18.2 Å². The Morgan fingerprint density at radius 3 is 2.62 bits per heavy atom. The standard InChI is InChI=1S/C13H14ClN3O4/c1-16-2-3-17(7-11(16)18)13(21)15-10-5-8(12(19)20)4-9(14)6-10/h4-6H,2-3,7H2,1H3,(H,15,21)(H,19,20). The number of hydrogen-bond acceptors (Lipinski definition) is 3. The molecule has 0 atom stereocenters. The number of anilines is 1. The smallest absolute Gasteiger partial charge is 0.335 e. The van der Waals surface area contributed by atoms with E-state index >= 15 is 0 Å². The summed E-state index contributed by atoms with van der Waals surface area (Å²) in [5.41, 5.74) is 0.253. The van der Waals surface area contributed by atoms with Crippen LogP contribution in [0.5, 0.6) is 0 Å². The third-order valence-electron chi connectivity index (χ3n) is 3.14. The lowest BCUT2D eigenvalue weighted by Gasteiger charge is -2.31. The number of carboxylic acid groups (broad SMARTS) is 1. The predicted molar refractivity (Wildman–Crippen MR) is 76.6 cm³/mol. The SMILES string of the molecule is CN1CCN(C(=O)Nc2cc(Cl)cc(C(=O)O)c2)CC1=O. The largest absolute Gasteiger partial charge is 0.478 e. The third-order valence-corrected chi connectivity index (χ3v) is 3.36. The van der Waals surface area contributed by atoms with E-state index < -0.39 is 12.0 Å². The van der Waals surface area contributed by atoms with Gasteiger partial charge in [0.25, 0.3) is 0 Å². The van der Waals surface area contributed by atoms with Gasteiger partial charge in [0.05, 0.1) is 5.56 Å². The molecule has 3 amide bonds. The van der Waals surface area contributed by atoms with E-state index in [1.165, 1.54) is 23.1 Å². The van der Waals surface area contributed by atoms with Gasteiger partial charge in [0.2, 0.25) is 5.91 Å². The molecule has 1 aliphatic rings. The molecule has 1 fully saturated rings. The second kappa shape index (κ2) is 6.01. The number of likely N-dealkylation sites (N-methyl/N-ethyl adjacent to an activating group) is 1. The number of carbonyl (C=O) groups excluding carboxylic acids is 2. The molecular formula is C13H14ClN3O4. The van der Waals surface area contributed by atoms with Crippen molar-refractivity contribution in [1.82, 2.24) is 9.80 Å². The molecule has 0 aromatic heterocycles. The van der Waals surface area contributed by atoms with E-state index in [9.17, 15) is 14.4 Å². The predicted octanol–water partition coefficient (Wildman–Crippen LogP) is 1.34. The molecule has 0 spiro atoms. The first-order chi connectivity index (χ1) is 9.86. The fourth-order valence-corrected chi connectivity index (χ4v) is 2.15. The number of piperazine rings is 1. The zero-order valence-corrected chi connectivity index (χ0v) is 12.1. The van der Waals surface area contributed by atoms with E-state index in [0.29, 0.717) is 13.1 Å².